The third-order valence-corrected chi connectivity index (χ3v) is 2.66. The molecule has 3 N–H and O–H groups in total. The Morgan fingerprint density at radius 3 is 3.00 bits per heavy atom. The van der Waals surface area contributed by atoms with E-state index in [1.807, 2.05) is 0 Å². The molecule has 1 aliphatic heterocycles. The van der Waals surface area contributed by atoms with Gasteiger partial charge >= 0.3 is 0 Å². The quantitative estimate of drug-likeness (QED) is 0.481. The SMILES string of the molecule is N[C@@H]1C(=O)N[C@@H]2CCC[C@H]12. The van der Waals surface area contributed by atoms with Crippen LogP contribution in [0.15, 0.2) is 0 Å². The summed E-state index contributed by atoms with van der Waals surface area (Å²) in [7, 11) is 0. The van der Waals surface area contributed by atoms with Gasteiger partial charge < -0.3 is 11.1 Å². The average molecular weight is 140 g/mol. The first-order chi connectivity index (χ1) is 4.79. The lowest BCUT2D eigenvalue weighted by Gasteiger charge is -2.08. The third-order valence-electron chi connectivity index (χ3n) is 2.66. The second kappa shape index (κ2) is 1.95. The van der Waals surface area contributed by atoms with Gasteiger partial charge in [0, 0.05) is 12.0 Å². The van der Waals surface area contributed by atoms with Crippen molar-refractivity contribution in [2.24, 2.45) is 11.7 Å². The molecule has 1 aliphatic carbocycles. The molecule has 1 saturated heterocycles. The summed E-state index contributed by atoms with van der Waals surface area (Å²) in [4.78, 5) is 11.0. The fourth-order valence-corrected chi connectivity index (χ4v) is 2.07. The Morgan fingerprint density at radius 2 is 2.30 bits per heavy atom. The highest BCUT2D eigenvalue weighted by Crippen LogP contribution is 2.31. The molecular formula is C7H12N2O. The molecule has 10 heavy (non-hydrogen) atoms. The van der Waals surface area contributed by atoms with Crippen molar-refractivity contribution in [2.45, 2.75) is 31.3 Å². The predicted octanol–water partition coefficient (Wildman–Crippen LogP) is -0.388. The van der Waals surface area contributed by atoms with Gasteiger partial charge in [-0.25, -0.2) is 0 Å². The lowest BCUT2D eigenvalue weighted by Crippen LogP contribution is -2.33. The molecule has 0 aromatic carbocycles. The molecule has 0 aromatic heterocycles. The van der Waals surface area contributed by atoms with E-state index in [0.717, 1.165) is 12.8 Å². The minimum atomic E-state index is -0.215. The minimum Gasteiger partial charge on any atom is -0.352 e. The van der Waals surface area contributed by atoms with E-state index in [9.17, 15) is 4.79 Å². The molecule has 3 heteroatoms. The molecule has 2 fully saturated rings. The predicted molar refractivity (Wildman–Crippen MR) is 37.2 cm³/mol. The van der Waals surface area contributed by atoms with Crippen LogP contribution >= 0.6 is 0 Å². The van der Waals surface area contributed by atoms with Crippen molar-refractivity contribution in [3.05, 3.63) is 0 Å². The van der Waals surface area contributed by atoms with Crippen LogP contribution in [0.4, 0.5) is 0 Å². The highest BCUT2D eigenvalue weighted by atomic mass is 16.2. The van der Waals surface area contributed by atoms with E-state index in [2.05, 4.69) is 5.32 Å². The number of nitrogens with two attached hydrogens (primary N) is 1. The number of amides is 1. The Labute approximate surface area is 60.0 Å². The van der Waals surface area contributed by atoms with Gasteiger partial charge in [-0.05, 0) is 12.8 Å². The molecule has 0 radical (unpaired) electrons. The normalized spacial score (nSPS) is 45.3. The number of carbonyl (C=O) groups is 1. The van der Waals surface area contributed by atoms with Crippen LogP contribution in [0.25, 0.3) is 0 Å². The van der Waals surface area contributed by atoms with Gasteiger partial charge in [0.25, 0.3) is 0 Å². The van der Waals surface area contributed by atoms with E-state index >= 15 is 0 Å². The maximum atomic E-state index is 11.0. The minimum absolute atomic E-state index is 0.0506. The van der Waals surface area contributed by atoms with Crippen LogP contribution in [0.1, 0.15) is 19.3 Å². The molecule has 3 atom stereocenters. The summed E-state index contributed by atoms with van der Waals surface area (Å²) in [6.45, 7) is 0. The van der Waals surface area contributed by atoms with Gasteiger partial charge in [-0.1, -0.05) is 6.42 Å². The lowest BCUT2D eigenvalue weighted by atomic mass is 10.0. The highest BCUT2D eigenvalue weighted by Gasteiger charge is 2.42. The summed E-state index contributed by atoms with van der Waals surface area (Å²) in [5, 5.41) is 2.90. The number of fused-ring (bicyclic) bond motifs is 1. The first-order valence-electron chi connectivity index (χ1n) is 3.85. The number of hydrogen-bond donors (Lipinski definition) is 2. The maximum absolute atomic E-state index is 11.0. The van der Waals surface area contributed by atoms with Gasteiger partial charge in [0.15, 0.2) is 0 Å². The Hall–Kier alpha value is -0.570. The van der Waals surface area contributed by atoms with Crippen LogP contribution in [-0.2, 0) is 4.79 Å². The largest absolute Gasteiger partial charge is 0.352 e. The number of carbonyl (C=O) groups excluding carboxylic acids is 1. The molecule has 2 rings (SSSR count). The van der Waals surface area contributed by atoms with E-state index in [-0.39, 0.29) is 11.9 Å². The fourth-order valence-electron chi connectivity index (χ4n) is 2.07. The Morgan fingerprint density at radius 1 is 1.50 bits per heavy atom. The summed E-state index contributed by atoms with van der Waals surface area (Å²) in [5.74, 6) is 0.488. The highest BCUT2D eigenvalue weighted by molar-refractivity contribution is 5.84. The third kappa shape index (κ3) is 0.669. The van der Waals surface area contributed by atoms with Crippen LogP contribution in [0, 0.1) is 5.92 Å². The first kappa shape index (κ1) is 6.16. The molecule has 1 heterocycles. The van der Waals surface area contributed by atoms with Crippen LogP contribution in [0.2, 0.25) is 0 Å². The van der Waals surface area contributed by atoms with Crippen molar-refractivity contribution in [2.75, 3.05) is 0 Å². The summed E-state index contributed by atoms with van der Waals surface area (Å²) < 4.78 is 0. The zero-order valence-corrected chi connectivity index (χ0v) is 5.84. The summed E-state index contributed by atoms with van der Waals surface area (Å²) in [6.07, 6.45) is 3.48. The van der Waals surface area contributed by atoms with Crippen molar-refractivity contribution in [1.82, 2.24) is 5.32 Å². The number of hydrogen-bond acceptors (Lipinski definition) is 2. The molecular weight excluding hydrogens is 128 g/mol. The van der Waals surface area contributed by atoms with E-state index < -0.39 is 0 Å². The fraction of sp³-hybridized carbons (Fsp3) is 0.857. The van der Waals surface area contributed by atoms with Crippen molar-refractivity contribution in [1.29, 1.82) is 0 Å². The molecule has 2 aliphatic rings. The van der Waals surface area contributed by atoms with Gasteiger partial charge in [-0.2, -0.15) is 0 Å². The van der Waals surface area contributed by atoms with Crippen molar-refractivity contribution >= 4 is 5.91 Å². The van der Waals surface area contributed by atoms with Crippen LogP contribution < -0.4 is 11.1 Å². The molecule has 0 aromatic rings. The van der Waals surface area contributed by atoms with E-state index in [0.29, 0.717) is 12.0 Å². The average Bonchev–Trinajstić information content (AvgIpc) is 2.41. The number of rotatable bonds is 0. The smallest absolute Gasteiger partial charge is 0.237 e. The molecule has 56 valence electrons. The van der Waals surface area contributed by atoms with E-state index in [4.69, 9.17) is 5.73 Å². The molecule has 0 bridgehead atoms. The van der Waals surface area contributed by atoms with Gasteiger partial charge in [0.05, 0.1) is 6.04 Å². The first-order valence-corrected chi connectivity index (χ1v) is 3.85. The molecule has 0 spiro atoms. The topological polar surface area (TPSA) is 55.1 Å². The lowest BCUT2D eigenvalue weighted by molar-refractivity contribution is -0.120. The Balaban J connectivity index is 2.16. The van der Waals surface area contributed by atoms with E-state index in [1.54, 1.807) is 0 Å². The van der Waals surface area contributed by atoms with Crippen LogP contribution in [0.3, 0.4) is 0 Å². The standard InChI is InChI=1S/C7H12N2O/c8-6-4-2-1-3-5(4)9-7(6)10/h4-6H,1-3,8H2,(H,9,10)/t4-,5+,6-/m0/s1. The van der Waals surface area contributed by atoms with Crippen LogP contribution in [0.5, 0.6) is 0 Å². The van der Waals surface area contributed by atoms with Gasteiger partial charge in [-0.3, -0.25) is 4.79 Å². The van der Waals surface area contributed by atoms with Crippen molar-refractivity contribution in [3.8, 4) is 0 Å². The van der Waals surface area contributed by atoms with Crippen LogP contribution in [-0.4, -0.2) is 18.0 Å². The molecule has 1 saturated carbocycles. The molecule has 0 unspecified atom stereocenters. The van der Waals surface area contributed by atoms with Gasteiger partial charge in [-0.15, -0.1) is 0 Å². The second-order valence-electron chi connectivity index (χ2n) is 3.24. The van der Waals surface area contributed by atoms with Gasteiger partial charge in [0.2, 0.25) is 5.91 Å². The summed E-state index contributed by atoms with van der Waals surface area (Å²) in [6, 6.07) is 0.190. The summed E-state index contributed by atoms with van der Waals surface area (Å²) in [5.41, 5.74) is 5.65. The van der Waals surface area contributed by atoms with Gasteiger partial charge in [0.1, 0.15) is 0 Å². The zero-order valence-electron chi connectivity index (χ0n) is 5.84. The number of nitrogens with one attached hydrogen (secondary N) is 1. The second-order valence-corrected chi connectivity index (χ2v) is 3.24. The van der Waals surface area contributed by atoms with Crippen molar-refractivity contribution < 1.29 is 4.79 Å². The summed E-state index contributed by atoms with van der Waals surface area (Å²) >= 11 is 0. The Bertz CT molecular complexity index is 169. The van der Waals surface area contributed by atoms with Crippen molar-refractivity contribution in [3.63, 3.8) is 0 Å². The molecule has 1 amide bonds. The molecule has 3 nitrogen and oxygen atoms in total. The Kier molecular flexibility index (Phi) is 1.20. The monoisotopic (exact) mass is 140 g/mol. The zero-order chi connectivity index (χ0) is 7.14. The van der Waals surface area contributed by atoms with E-state index in [1.165, 1.54) is 6.42 Å². The maximum Gasteiger partial charge on any atom is 0.237 e.